The highest BCUT2D eigenvalue weighted by molar-refractivity contribution is 7.19. The fourth-order valence-electron chi connectivity index (χ4n) is 5.90. The van der Waals surface area contributed by atoms with Crippen LogP contribution in [0.25, 0.3) is 21.1 Å². The van der Waals surface area contributed by atoms with Crippen LogP contribution in [0.5, 0.6) is 5.75 Å². The number of H-pyrrole nitrogens is 1. The molecule has 2 heterocycles. The van der Waals surface area contributed by atoms with Gasteiger partial charge in [0.2, 0.25) is 11.7 Å². The lowest BCUT2D eigenvalue weighted by Crippen LogP contribution is -2.48. The number of carboxylic acids is 1. The van der Waals surface area contributed by atoms with Gasteiger partial charge in [0.25, 0.3) is 0 Å². The number of aromatic nitrogens is 4. The summed E-state index contributed by atoms with van der Waals surface area (Å²) in [5.41, 5.74) is 2.81. The van der Waals surface area contributed by atoms with Crippen LogP contribution in [-0.4, -0.2) is 50.3 Å². The first-order valence-corrected chi connectivity index (χ1v) is 12.8. The SMILES string of the molecule is CC(=O)N(c1cccc(-c2sc(-c3nn[nH]n3)c(OCC(=O)O)c2C)c1)C1CC(C)(C)CC(C)(C)C1. The smallest absolute Gasteiger partial charge is 0.341 e. The van der Waals surface area contributed by atoms with Crippen molar-refractivity contribution in [3.63, 3.8) is 0 Å². The molecule has 0 unspecified atom stereocenters. The summed E-state index contributed by atoms with van der Waals surface area (Å²) >= 11 is 1.41. The maximum absolute atomic E-state index is 13.0. The molecule has 10 heteroatoms. The molecule has 0 spiro atoms. The Balaban J connectivity index is 1.75. The molecule has 1 saturated carbocycles. The highest BCUT2D eigenvalue weighted by Gasteiger charge is 2.41. The molecule has 36 heavy (non-hydrogen) atoms. The molecule has 192 valence electrons. The number of aromatic amines is 1. The summed E-state index contributed by atoms with van der Waals surface area (Å²) in [6, 6.07) is 8.03. The van der Waals surface area contributed by atoms with Crippen LogP contribution in [0.4, 0.5) is 5.69 Å². The predicted molar refractivity (Wildman–Crippen MR) is 139 cm³/mol. The van der Waals surface area contributed by atoms with Gasteiger partial charge in [-0.25, -0.2) is 4.79 Å². The third kappa shape index (κ3) is 5.43. The van der Waals surface area contributed by atoms with Crippen LogP contribution in [0.1, 0.15) is 59.4 Å². The molecule has 2 aromatic heterocycles. The Morgan fingerprint density at radius 3 is 2.47 bits per heavy atom. The van der Waals surface area contributed by atoms with Gasteiger partial charge in [0, 0.05) is 29.1 Å². The van der Waals surface area contributed by atoms with E-state index in [4.69, 9.17) is 9.84 Å². The van der Waals surface area contributed by atoms with E-state index < -0.39 is 12.6 Å². The van der Waals surface area contributed by atoms with Crippen LogP contribution >= 0.6 is 11.3 Å². The number of nitrogens with one attached hydrogen (secondary N) is 1. The first-order valence-electron chi connectivity index (χ1n) is 12.0. The van der Waals surface area contributed by atoms with E-state index in [0.717, 1.165) is 41.0 Å². The van der Waals surface area contributed by atoms with Gasteiger partial charge in [-0.1, -0.05) is 39.8 Å². The average molecular weight is 512 g/mol. The summed E-state index contributed by atoms with van der Waals surface area (Å²) in [5.74, 6) is -0.295. The minimum atomic E-state index is -1.07. The summed E-state index contributed by atoms with van der Waals surface area (Å²) in [6.07, 6.45) is 3.00. The maximum atomic E-state index is 13.0. The van der Waals surface area contributed by atoms with Crippen LogP contribution in [0, 0.1) is 17.8 Å². The highest BCUT2D eigenvalue weighted by atomic mass is 32.1. The second kappa shape index (κ2) is 9.65. The maximum Gasteiger partial charge on any atom is 0.341 e. The molecule has 1 amide bonds. The van der Waals surface area contributed by atoms with Gasteiger partial charge in [-0.15, -0.1) is 21.5 Å². The third-order valence-electron chi connectivity index (χ3n) is 6.60. The predicted octanol–water partition coefficient (Wildman–Crippen LogP) is 5.32. The van der Waals surface area contributed by atoms with Crippen LogP contribution in [-0.2, 0) is 9.59 Å². The van der Waals surface area contributed by atoms with Gasteiger partial charge in [0.15, 0.2) is 6.61 Å². The molecule has 1 fully saturated rings. The zero-order chi connectivity index (χ0) is 26.3. The summed E-state index contributed by atoms with van der Waals surface area (Å²) in [4.78, 5) is 27.6. The normalized spacial score (nSPS) is 17.1. The van der Waals surface area contributed by atoms with Crippen molar-refractivity contribution in [1.29, 1.82) is 0 Å². The van der Waals surface area contributed by atoms with Crippen molar-refractivity contribution in [2.75, 3.05) is 11.5 Å². The Kier molecular flexibility index (Phi) is 6.92. The first-order chi connectivity index (χ1) is 16.9. The van der Waals surface area contributed by atoms with Gasteiger partial charge in [-0.3, -0.25) is 4.79 Å². The summed E-state index contributed by atoms with van der Waals surface area (Å²) in [7, 11) is 0. The van der Waals surface area contributed by atoms with E-state index in [1.807, 2.05) is 36.1 Å². The number of carboxylic acid groups (broad SMARTS) is 1. The van der Waals surface area contributed by atoms with E-state index in [9.17, 15) is 9.59 Å². The Morgan fingerprint density at radius 2 is 1.89 bits per heavy atom. The molecule has 3 aromatic rings. The van der Waals surface area contributed by atoms with Crippen molar-refractivity contribution in [1.82, 2.24) is 20.6 Å². The lowest BCUT2D eigenvalue weighted by molar-refractivity contribution is -0.139. The topological polar surface area (TPSA) is 121 Å². The van der Waals surface area contributed by atoms with Gasteiger partial charge in [-0.05, 0) is 59.9 Å². The number of nitrogens with zero attached hydrogens (tertiary/aromatic N) is 4. The molecule has 1 aromatic carbocycles. The fraction of sp³-hybridized carbons (Fsp3) is 0.500. The number of rotatable bonds is 7. The average Bonchev–Trinajstić information content (AvgIpc) is 3.38. The van der Waals surface area contributed by atoms with Crippen LogP contribution in [0.2, 0.25) is 0 Å². The van der Waals surface area contributed by atoms with Gasteiger partial charge in [0.1, 0.15) is 10.6 Å². The Bertz CT molecular complexity index is 1250. The quantitative estimate of drug-likeness (QED) is 0.440. The van der Waals surface area contributed by atoms with E-state index in [1.165, 1.54) is 11.3 Å². The van der Waals surface area contributed by atoms with Crippen LogP contribution in [0.15, 0.2) is 24.3 Å². The van der Waals surface area contributed by atoms with Gasteiger partial charge in [-0.2, -0.15) is 5.21 Å². The van der Waals surface area contributed by atoms with Crippen molar-refractivity contribution in [3.05, 3.63) is 29.8 Å². The summed E-state index contributed by atoms with van der Waals surface area (Å²) in [5, 5.41) is 23.3. The van der Waals surface area contributed by atoms with Crippen molar-refractivity contribution in [2.45, 2.75) is 66.8 Å². The van der Waals surface area contributed by atoms with E-state index >= 15 is 0 Å². The number of benzene rings is 1. The fourth-order valence-corrected chi connectivity index (χ4v) is 7.08. The van der Waals surface area contributed by atoms with Gasteiger partial charge >= 0.3 is 5.97 Å². The van der Waals surface area contributed by atoms with Crippen molar-refractivity contribution >= 4 is 28.9 Å². The lowest BCUT2D eigenvalue weighted by atomic mass is 9.63. The van der Waals surface area contributed by atoms with Gasteiger partial charge in [0.05, 0.1) is 0 Å². The van der Waals surface area contributed by atoms with Gasteiger partial charge < -0.3 is 14.7 Å². The number of hydrogen-bond donors (Lipinski definition) is 2. The Hall–Kier alpha value is -3.27. The van der Waals surface area contributed by atoms with E-state index in [1.54, 1.807) is 6.92 Å². The Labute approximate surface area is 214 Å². The number of hydrogen-bond acceptors (Lipinski definition) is 7. The van der Waals surface area contributed by atoms with Crippen molar-refractivity contribution in [3.8, 4) is 26.9 Å². The monoisotopic (exact) mass is 511 g/mol. The number of ether oxygens (including phenoxy) is 1. The molecule has 0 aliphatic heterocycles. The molecule has 4 rings (SSSR count). The molecule has 2 N–H and O–H groups in total. The number of carbonyl (C=O) groups is 2. The van der Waals surface area contributed by atoms with Crippen molar-refractivity contribution < 1.29 is 19.4 Å². The molecule has 0 atom stereocenters. The van der Waals surface area contributed by atoms with E-state index in [-0.39, 0.29) is 22.8 Å². The second-order valence-electron chi connectivity index (χ2n) is 11.1. The molecular weight excluding hydrogens is 478 g/mol. The molecule has 0 bridgehead atoms. The van der Waals surface area contributed by atoms with E-state index in [0.29, 0.717) is 16.5 Å². The van der Waals surface area contributed by atoms with Crippen LogP contribution < -0.4 is 9.64 Å². The number of amides is 1. The number of anilines is 1. The zero-order valence-electron chi connectivity index (χ0n) is 21.6. The molecule has 1 aliphatic carbocycles. The molecule has 0 radical (unpaired) electrons. The number of carbonyl (C=O) groups excluding carboxylic acids is 1. The third-order valence-corrected chi connectivity index (χ3v) is 7.92. The van der Waals surface area contributed by atoms with Crippen molar-refractivity contribution in [2.24, 2.45) is 10.8 Å². The number of aliphatic carboxylic acids is 1. The highest BCUT2D eigenvalue weighted by Crippen LogP contribution is 2.49. The summed E-state index contributed by atoms with van der Waals surface area (Å²) in [6.45, 7) is 12.2. The number of thiophene rings is 1. The zero-order valence-corrected chi connectivity index (χ0v) is 22.4. The first kappa shape index (κ1) is 25.8. The molecule has 0 saturated heterocycles. The minimum absolute atomic E-state index is 0.0199. The van der Waals surface area contributed by atoms with E-state index in [2.05, 4.69) is 48.3 Å². The largest absolute Gasteiger partial charge is 0.480 e. The molecule has 9 nitrogen and oxygen atoms in total. The lowest BCUT2D eigenvalue weighted by Gasteiger charge is -2.48. The second-order valence-corrected chi connectivity index (χ2v) is 12.2. The molecule has 1 aliphatic rings. The van der Waals surface area contributed by atoms with Crippen LogP contribution in [0.3, 0.4) is 0 Å². The molecular formula is C26H33N5O4S. The summed E-state index contributed by atoms with van der Waals surface area (Å²) < 4.78 is 5.64. The number of tetrazole rings is 1. The standard InChI is InChI=1S/C26H33N5O4S/c1-15-21(35-13-20(33)34)23(24-27-29-30-28-24)36-22(15)17-8-7-9-18(10-17)31(16(2)32)19-11-25(3,4)14-26(5,6)12-19/h7-10,19H,11-14H2,1-6H3,(H,33,34)(H,27,28,29,30). The Morgan fingerprint density at radius 1 is 1.19 bits per heavy atom. The minimum Gasteiger partial charge on any atom is -0.480 e.